The molecule has 0 N–H and O–H groups in total. The van der Waals surface area contributed by atoms with E-state index in [-0.39, 0.29) is 5.41 Å². The average Bonchev–Trinajstić information content (AvgIpc) is 2.77. The van der Waals surface area contributed by atoms with Gasteiger partial charge in [-0.1, -0.05) is 24.4 Å². The highest BCUT2D eigenvalue weighted by atomic mass is 35.5. The molecule has 1 saturated carbocycles. The van der Waals surface area contributed by atoms with Gasteiger partial charge in [-0.05, 0) is 55.7 Å². The van der Waals surface area contributed by atoms with Crippen LogP contribution in [0.2, 0.25) is 5.02 Å². The maximum absolute atomic E-state index is 6.09. The van der Waals surface area contributed by atoms with Gasteiger partial charge in [0.15, 0.2) is 0 Å². The van der Waals surface area contributed by atoms with Crippen LogP contribution in [0, 0.1) is 19.3 Å². The SMILES string of the molecule is Cc1cc(Cl)cc(C)c1OCC1(CS)CCCC1. The molecule has 0 spiro atoms. The van der Waals surface area contributed by atoms with Gasteiger partial charge in [0, 0.05) is 10.4 Å². The monoisotopic (exact) mass is 284 g/mol. The highest BCUT2D eigenvalue weighted by molar-refractivity contribution is 7.80. The molecule has 1 aromatic rings. The van der Waals surface area contributed by atoms with Gasteiger partial charge in [-0.3, -0.25) is 0 Å². The van der Waals surface area contributed by atoms with E-state index in [1.165, 1.54) is 25.7 Å². The lowest BCUT2D eigenvalue weighted by molar-refractivity contribution is 0.171. The van der Waals surface area contributed by atoms with E-state index in [4.69, 9.17) is 16.3 Å². The third-order valence-corrected chi connectivity index (χ3v) is 4.84. The third kappa shape index (κ3) is 2.97. The number of halogens is 1. The summed E-state index contributed by atoms with van der Waals surface area (Å²) in [6.45, 7) is 4.88. The molecule has 1 aliphatic carbocycles. The highest BCUT2D eigenvalue weighted by Gasteiger charge is 2.33. The first kappa shape index (κ1) is 14.1. The Labute approximate surface area is 120 Å². The predicted molar refractivity (Wildman–Crippen MR) is 81.2 cm³/mol. The van der Waals surface area contributed by atoms with Crippen LogP contribution in [0.1, 0.15) is 36.8 Å². The Hall–Kier alpha value is -0.340. The van der Waals surface area contributed by atoms with Crippen molar-refractivity contribution in [2.75, 3.05) is 12.4 Å². The van der Waals surface area contributed by atoms with Crippen LogP contribution in [0.5, 0.6) is 5.75 Å². The Morgan fingerprint density at radius 2 is 1.78 bits per heavy atom. The lowest BCUT2D eigenvalue weighted by atomic mass is 9.90. The molecule has 1 aromatic carbocycles. The lowest BCUT2D eigenvalue weighted by Crippen LogP contribution is -2.27. The van der Waals surface area contributed by atoms with E-state index in [0.29, 0.717) is 0 Å². The van der Waals surface area contributed by atoms with Crippen molar-refractivity contribution >= 4 is 24.2 Å². The van der Waals surface area contributed by atoms with Crippen LogP contribution in [0.25, 0.3) is 0 Å². The van der Waals surface area contributed by atoms with Crippen molar-refractivity contribution in [3.05, 3.63) is 28.3 Å². The average molecular weight is 285 g/mol. The summed E-state index contributed by atoms with van der Waals surface area (Å²) >= 11 is 10.6. The van der Waals surface area contributed by atoms with Crippen molar-refractivity contribution in [1.29, 1.82) is 0 Å². The summed E-state index contributed by atoms with van der Waals surface area (Å²) < 4.78 is 6.09. The summed E-state index contributed by atoms with van der Waals surface area (Å²) in [5, 5.41) is 0.780. The van der Waals surface area contributed by atoms with Crippen molar-refractivity contribution in [2.24, 2.45) is 5.41 Å². The van der Waals surface area contributed by atoms with Crippen LogP contribution >= 0.6 is 24.2 Å². The zero-order chi connectivity index (χ0) is 13.2. The zero-order valence-electron chi connectivity index (χ0n) is 11.1. The molecule has 0 bridgehead atoms. The summed E-state index contributed by atoms with van der Waals surface area (Å²) in [7, 11) is 0. The van der Waals surface area contributed by atoms with Gasteiger partial charge in [-0.25, -0.2) is 0 Å². The molecule has 0 unspecified atom stereocenters. The standard InChI is InChI=1S/C15H21ClOS/c1-11-7-13(16)8-12(2)14(11)17-9-15(10-18)5-3-4-6-15/h7-8,18H,3-6,9-10H2,1-2H3. The van der Waals surface area contributed by atoms with E-state index >= 15 is 0 Å². The van der Waals surface area contributed by atoms with Gasteiger partial charge in [0.1, 0.15) is 5.75 Å². The highest BCUT2D eigenvalue weighted by Crippen LogP contribution is 2.40. The minimum atomic E-state index is 0.279. The smallest absolute Gasteiger partial charge is 0.125 e. The van der Waals surface area contributed by atoms with Crippen LogP contribution in [-0.4, -0.2) is 12.4 Å². The molecule has 0 atom stereocenters. The van der Waals surface area contributed by atoms with Gasteiger partial charge in [0.2, 0.25) is 0 Å². The molecule has 0 radical (unpaired) electrons. The summed E-state index contributed by atoms with van der Waals surface area (Å²) in [4.78, 5) is 0. The minimum Gasteiger partial charge on any atom is -0.492 e. The second kappa shape index (κ2) is 5.75. The Kier molecular flexibility index (Phi) is 4.50. The zero-order valence-corrected chi connectivity index (χ0v) is 12.8. The van der Waals surface area contributed by atoms with Crippen molar-refractivity contribution in [3.63, 3.8) is 0 Å². The first-order valence-corrected chi connectivity index (χ1v) is 7.58. The van der Waals surface area contributed by atoms with Crippen molar-refractivity contribution < 1.29 is 4.74 Å². The summed E-state index contributed by atoms with van der Waals surface area (Å²) in [5.74, 6) is 1.91. The van der Waals surface area contributed by atoms with E-state index in [9.17, 15) is 0 Å². The fourth-order valence-electron chi connectivity index (χ4n) is 2.82. The number of aryl methyl sites for hydroxylation is 2. The Morgan fingerprint density at radius 1 is 1.22 bits per heavy atom. The molecule has 18 heavy (non-hydrogen) atoms. The molecule has 1 fully saturated rings. The number of ether oxygens (including phenoxy) is 1. The first-order valence-electron chi connectivity index (χ1n) is 6.57. The molecule has 1 aliphatic rings. The third-order valence-electron chi connectivity index (χ3n) is 3.95. The first-order chi connectivity index (χ1) is 8.56. The minimum absolute atomic E-state index is 0.279. The van der Waals surface area contributed by atoms with Gasteiger partial charge in [-0.15, -0.1) is 0 Å². The molecule has 2 rings (SSSR count). The molecule has 0 amide bonds. The molecule has 0 saturated heterocycles. The number of thiol groups is 1. The fraction of sp³-hybridized carbons (Fsp3) is 0.600. The number of hydrogen-bond donors (Lipinski definition) is 1. The van der Waals surface area contributed by atoms with E-state index in [0.717, 1.165) is 34.3 Å². The van der Waals surface area contributed by atoms with Crippen LogP contribution < -0.4 is 4.74 Å². The molecule has 0 heterocycles. The van der Waals surface area contributed by atoms with E-state index < -0.39 is 0 Å². The van der Waals surface area contributed by atoms with Crippen LogP contribution in [-0.2, 0) is 0 Å². The molecular weight excluding hydrogens is 264 g/mol. The Balaban J connectivity index is 2.10. The topological polar surface area (TPSA) is 9.23 Å². The van der Waals surface area contributed by atoms with Crippen LogP contribution in [0.3, 0.4) is 0 Å². The summed E-state index contributed by atoms with van der Waals surface area (Å²) in [6, 6.07) is 3.93. The Morgan fingerprint density at radius 3 is 2.28 bits per heavy atom. The molecule has 0 aliphatic heterocycles. The van der Waals surface area contributed by atoms with E-state index in [1.54, 1.807) is 0 Å². The van der Waals surface area contributed by atoms with Gasteiger partial charge in [-0.2, -0.15) is 12.6 Å². The maximum atomic E-state index is 6.09. The van der Waals surface area contributed by atoms with Gasteiger partial charge in [0.25, 0.3) is 0 Å². The fourth-order valence-corrected chi connectivity index (χ4v) is 3.56. The van der Waals surface area contributed by atoms with E-state index in [2.05, 4.69) is 26.5 Å². The molecule has 100 valence electrons. The van der Waals surface area contributed by atoms with E-state index in [1.807, 2.05) is 12.1 Å². The second-order valence-electron chi connectivity index (χ2n) is 5.52. The van der Waals surface area contributed by atoms with Crippen LogP contribution in [0.15, 0.2) is 12.1 Å². The normalized spacial score (nSPS) is 18.0. The molecular formula is C15H21ClOS. The Bertz CT molecular complexity index is 401. The lowest BCUT2D eigenvalue weighted by Gasteiger charge is -2.27. The van der Waals surface area contributed by atoms with Gasteiger partial charge in [0.05, 0.1) is 6.61 Å². The maximum Gasteiger partial charge on any atom is 0.125 e. The van der Waals surface area contributed by atoms with Crippen molar-refractivity contribution in [2.45, 2.75) is 39.5 Å². The predicted octanol–water partition coefficient (Wildman–Crippen LogP) is 4.83. The number of rotatable bonds is 4. The largest absolute Gasteiger partial charge is 0.492 e. The number of hydrogen-bond acceptors (Lipinski definition) is 2. The van der Waals surface area contributed by atoms with Crippen molar-refractivity contribution in [3.8, 4) is 5.75 Å². The number of benzene rings is 1. The second-order valence-corrected chi connectivity index (χ2v) is 6.28. The molecule has 3 heteroatoms. The molecule has 0 aromatic heterocycles. The quantitative estimate of drug-likeness (QED) is 0.780. The summed E-state index contributed by atoms with van der Waals surface area (Å²) in [6.07, 6.45) is 5.09. The van der Waals surface area contributed by atoms with Crippen LogP contribution in [0.4, 0.5) is 0 Å². The summed E-state index contributed by atoms with van der Waals surface area (Å²) in [5.41, 5.74) is 2.52. The van der Waals surface area contributed by atoms with Gasteiger partial charge < -0.3 is 4.74 Å². The van der Waals surface area contributed by atoms with Crippen molar-refractivity contribution in [1.82, 2.24) is 0 Å². The van der Waals surface area contributed by atoms with Gasteiger partial charge >= 0.3 is 0 Å². The molecule has 1 nitrogen and oxygen atoms in total.